The molecule has 0 aliphatic heterocycles. The van der Waals surface area contributed by atoms with E-state index in [4.69, 9.17) is 0 Å². The number of hydrogen-bond donors (Lipinski definition) is 1. The van der Waals surface area contributed by atoms with Crippen LogP contribution in [0.4, 0.5) is 10.1 Å². The Labute approximate surface area is 142 Å². The third kappa shape index (κ3) is 3.91. The van der Waals surface area contributed by atoms with Gasteiger partial charge in [-0.25, -0.2) is 4.68 Å². The summed E-state index contributed by atoms with van der Waals surface area (Å²) < 4.78 is 15.1. The minimum Gasteiger partial charge on any atom is -0.321 e. The highest BCUT2D eigenvalue weighted by Crippen LogP contribution is 2.25. The number of anilines is 1. The van der Waals surface area contributed by atoms with Crippen molar-refractivity contribution in [3.8, 4) is 0 Å². The molecular formula is C19H24FN3O. The molecule has 4 nitrogen and oxygen atoms in total. The summed E-state index contributed by atoms with van der Waals surface area (Å²) in [6, 6.07) is 7.57. The third-order valence-corrected chi connectivity index (χ3v) is 3.99. The minimum absolute atomic E-state index is 0.0140. The standard InChI is InChI=1S/C19H24FN3O/c1-5-6-7-10-13(2)15-11-8-9-12-16(15)21-19(24)17-14(3)22-23(4)18(17)20/h8-12H,5-7H2,1-4H3,(H,21,24)/b13-10-. The molecule has 0 radical (unpaired) electrons. The lowest BCUT2D eigenvalue weighted by Gasteiger charge is -2.11. The van der Waals surface area contributed by atoms with Crippen molar-refractivity contribution in [3.63, 3.8) is 0 Å². The quantitative estimate of drug-likeness (QED) is 0.780. The molecule has 1 aromatic heterocycles. The smallest absolute Gasteiger partial charge is 0.262 e. The van der Waals surface area contributed by atoms with Gasteiger partial charge in [-0.3, -0.25) is 4.79 Å². The van der Waals surface area contributed by atoms with E-state index in [9.17, 15) is 9.18 Å². The molecule has 24 heavy (non-hydrogen) atoms. The monoisotopic (exact) mass is 329 g/mol. The first kappa shape index (κ1) is 17.9. The molecule has 1 heterocycles. The van der Waals surface area contributed by atoms with Gasteiger partial charge in [-0.2, -0.15) is 9.49 Å². The molecule has 1 aromatic carbocycles. The van der Waals surface area contributed by atoms with Gasteiger partial charge in [0.25, 0.3) is 5.91 Å². The Bertz CT molecular complexity index is 762. The summed E-state index contributed by atoms with van der Waals surface area (Å²) >= 11 is 0. The van der Waals surface area contributed by atoms with E-state index in [0.717, 1.165) is 35.1 Å². The van der Waals surface area contributed by atoms with Gasteiger partial charge in [-0.15, -0.1) is 0 Å². The third-order valence-electron chi connectivity index (χ3n) is 3.99. The van der Waals surface area contributed by atoms with E-state index in [-0.39, 0.29) is 5.56 Å². The van der Waals surface area contributed by atoms with Gasteiger partial charge in [0.05, 0.1) is 5.69 Å². The van der Waals surface area contributed by atoms with Gasteiger partial charge in [0.15, 0.2) is 0 Å². The molecule has 0 saturated carbocycles. The number of unbranched alkanes of at least 4 members (excludes halogenated alkanes) is 2. The summed E-state index contributed by atoms with van der Waals surface area (Å²) in [4.78, 5) is 12.5. The molecule has 1 amide bonds. The number of carbonyl (C=O) groups excluding carboxylic acids is 1. The van der Waals surface area contributed by atoms with Crippen LogP contribution in [0, 0.1) is 12.9 Å². The summed E-state index contributed by atoms with van der Waals surface area (Å²) in [5.74, 6) is -1.11. The summed E-state index contributed by atoms with van der Waals surface area (Å²) in [7, 11) is 1.48. The maximum absolute atomic E-state index is 14.1. The molecular weight excluding hydrogens is 305 g/mol. The van der Waals surface area contributed by atoms with E-state index >= 15 is 0 Å². The van der Waals surface area contributed by atoms with Crippen LogP contribution in [0.2, 0.25) is 0 Å². The zero-order valence-electron chi connectivity index (χ0n) is 14.7. The van der Waals surface area contributed by atoms with Crippen molar-refractivity contribution in [1.82, 2.24) is 9.78 Å². The van der Waals surface area contributed by atoms with Crippen LogP contribution in [-0.2, 0) is 7.05 Å². The number of aryl methyl sites for hydroxylation is 2. The zero-order valence-corrected chi connectivity index (χ0v) is 14.7. The van der Waals surface area contributed by atoms with Gasteiger partial charge in [-0.05, 0) is 31.9 Å². The second kappa shape index (κ2) is 7.90. The normalized spacial score (nSPS) is 11.6. The van der Waals surface area contributed by atoms with Crippen molar-refractivity contribution in [3.05, 3.63) is 53.1 Å². The van der Waals surface area contributed by atoms with Crippen LogP contribution < -0.4 is 5.32 Å². The maximum Gasteiger partial charge on any atom is 0.262 e. The molecule has 5 heteroatoms. The van der Waals surface area contributed by atoms with E-state index < -0.39 is 11.9 Å². The molecule has 0 unspecified atom stereocenters. The van der Waals surface area contributed by atoms with Gasteiger partial charge in [0.1, 0.15) is 5.56 Å². The minimum atomic E-state index is -0.627. The van der Waals surface area contributed by atoms with E-state index in [0.29, 0.717) is 11.4 Å². The molecule has 2 rings (SSSR count). The Kier molecular flexibility index (Phi) is 5.90. The Morgan fingerprint density at radius 3 is 2.71 bits per heavy atom. The molecule has 2 aromatic rings. The number of benzene rings is 1. The molecule has 0 aliphatic carbocycles. The second-order valence-corrected chi connectivity index (χ2v) is 5.90. The Morgan fingerprint density at radius 2 is 2.08 bits per heavy atom. The number of carbonyl (C=O) groups is 1. The highest BCUT2D eigenvalue weighted by molar-refractivity contribution is 6.06. The molecule has 0 bridgehead atoms. The van der Waals surface area contributed by atoms with Crippen LogP contribution >= 0.6 is 0 Å². The molecule has 0 spiro atoms. The lowest BCUT2D eigenvalue weighted by molar-refractivity contribution is 0.102. The van der Waals surface area contributed by atoms with Crippen LogP contribution in [0.25, 0.3) is 5.57 Å². The molecule has 0 saturated heterocycles. The average Bonchev–Trinajstić information content (AvgIpc) is 2.80. The number of halogens is 1. The fourth-order valence-electron chi connectivity index (χ4n) is 2.64. The van der Waals surface area contributed by atoms with Crippen molar-refractivity contribution in [1.29, 1.82) is 0 Å². The number of amides is 1. The Balaban J connectivity index is 2.27. The second-order valence-electron chi connectivity index (χ2n) is 5.90. The number of nitrogens with one attached hydrogen (secondary N) is 1. The number of para-hydroxylation sites is 1. The van der Waals surface area contributed by atoms with Crippen molar-refractivity contribution in [2.75, 3.05) is 5.32 Å². The topological polar surface area (TPSA) is 46.9 Å². The number of nitrogens with zero attached hydrogens (tertiary/aromatic N) is 2. The van der Waals surface area contributed by atoms with E-state index in [2.05, 4.69) is 23.4 Å². The molecule has 0 fully saturated rings. The summed E-state index contributed by atoms with van der Waals surface area (Å²) in [5.41, 5.74) is 3.09. The van der Waals surface area contributed by atoms with Crippen molar-refractivity contribution < 1.29 is 9.18 Å². The van der Waals surface area contributed by atoms with E-state index in [1.165, 1.54) is 7.05 Å². The van der Waals surface area contributed by atoms with Crippen LogP contribution in [0.3, 0.4) is 0 Å². The molecule has 0 atom stereocenters. The number of rotatable bonds is 6. The van der Waals surface area contributed by atoms with E-state index in [1.807, 2.05) is 31.2 Å². The predicted molar refractivity (Wildman–Crippen MR) is 95.5 cm³/mol. The zero-order chi connectivity index (χ0) is 17.7. The van der Waals surface area contributed by atoms with Crippen LogP contribution in [0.15, 0.2) is 30.3 Å². The van der Waals surface area contributed by atoms with Crippen LogP contribution in [0.5, 0.6) is 0 Å². The molecule has 1 N–H and O–H groups in total. The van der Waals surface area contributed by atoms with Gasteiger partial charge >= 0.3 is 0 Å². The fourth-order valence-corrected chi connectivity index (χ4v) is 2.64. The summed E-state index contributed by atoms with van der Waals surface area (Å²) in [6.45, 7) is 5.80. The predicted octanol–water partition coefficient (Wildman–Crippen LogP) is 4.71. The van der Waals surface area contributed by atoms with Crippen molar-refractivity contribution in [2.24, 2.45) is 7.05 Å². The van der Waals surface area contributed by atoms with Gasteiger partial charge in [-0.1, -0.05) is 44.0 Å². The van der Waals surface area contributed by atoms with Crippen molar-refractivity contribution in [2.45, 2.75) is 40.0 Å². The highest BCUT2D eigenvalue weighted by Gasteiger charge is 2.21. The first-order valence-corrected chi connectivity index (χ1v) is 8.22. The van der Waals surface area contributed by atoms with Crippen molar-refractivity contribution >= 4 is 17.2 Å². The first-order chi connectivity index (χ1) is 11.5. The highest BCUT2D eigenvalue weighted by atomic mass is 19.1. The van der Waals surface area contributed by atoms with E-state index in [1.54, 1.807) is 6.92 Å². The SMILES string of the molecule is CCCC/C=C(/C)c1ccccc1NC(=O)c1c(C)nn(C)c1F. The number of allylic oxidation sites excluding steroid dienone is 2. The molecule has 128 valence electrons. The van der Waals surface area contributed by atoms with Gasteiger partial charge < -0.3 is 5.32 Å². The fraction of sp³-hybridized carbons (Fsp3) is 0.368. The maximum atomic E-state index is 14.1. The largest absolute Gasteiger partial charge is 0.321 e. The number of aromatic nitrogens is 2. The summed E-state index contributed by atoms with van der Waals surface area (Å²) in [5, 5.41) is 6.77. The van der Waals surface area contributed by atoms with Gasteiger partial charge in [0, 0.05) is 18.3 Å². The lowest BCUT2D eigenvalue weighted by Crippen LogP contribution is -2.15. The average molecular weight is 329 g/mol. The summed E-state index contributed by atoms with van der Waals surface area (Å²) in [6.07, 6.45) is 5.44. The van der Waals surface area contributed by atoms with Gasteiger partial charge in [0.2, 0.25) is 5.95 Å². The van der Waals surface area contributed by atoms with Crippen LogP contribution in [0.1, 0.15) is 54.7 Å². The lowest BCUT2D eigenvalue weighted by atomic mass is 10.0. The number of hydrogen-bond acceptors (Lipinski definition) is 2. The molecule has 0 aliphatic rings. The van der Waals surface area contributed by atoms with Crippen LogP contribution in [-0.4, -0.2) is 15.7 Å². The first-order valence-electron chi connectivity index (χ1n) is 8.22. The Morgan fingerprint density at radius 1 is 1.38 bits per heavy atom. The Hall–Kier alpha value is -2.43.